The number of halogens is 1. The van der Waals surface area contributed by atoms with Crippen molar-refractivity contribution in [2.75, 3.05) is 44.2 Å². The van der Waals surface area contributed by atoms with E-state index in [0.29, 0.717) is 48.9 Å². The van der Waals surface area contributed by atoms with Crippen molar-refractivity contribution >= 4 is 5.69 Å². The zero-order valence-electron chi connectivity index (χ0n) is 19.4. The van der Waals surface area contributed by atoms with Gasteiger partial charge in [-0.2, -0.15) is 10.2 Å². The van der Waals surface area contributed by atoms with Crippen LogP contribution >= 0.6 is 0 Å². The highest BCUT2D eigenvalue weighted by atomic mass is 19.1. The second kappa shape index (κ2) is 10.1. The summed E-state index contributed by atoms with van der Waals surface area (Å²) < 4.78 is 19.2. The Kier molecular flexibility index (Phi) is 6.77. The van der Waals surface area contributed by atoms with Gasteiger partial charge in [0, 0.05) is 43.9 Å². The SMILES string of the molecule is N#Cc1cc(-c2nc(-c3ccc4c(c3)CCN(CC(O)CO)CC4)no2)ccc1N1CCC(F)C1. The van der Waals surface area contributed by atoms with E-state index in [9.17, 15) is 14.8 Å². The van der Waals surface area contributed by atoms with E-state index in [-0.39, 0.29) is 6.61 Å². The highest BCUT2D eigenvalue weighted by Crippen LogP contribution is 2.31. The fourth-order valence-corrected chi connectivity index (χ4v) is 4.88. The highest BCUT2D eigenvalue weighted by molar-refractivity contribution is 5.69. The van der Waals surface area contributed by atoms with E-state index in [2.05, 4.69) is 33.2 Å². The van der Waals surface area contributed by atoms with Gasteiger partial charge in [0.05, 0.1) is 24.0 Å². The molecule has 35 heavy (non-hydrogen) atoms. The van der Waals surface area contributed by atoms with Gasteiger partial charge in [0.1, 0.15) is 12.2 Å². The molecule has 3 heterocycles. The number of anilines is 1. The summed E-state index contributed by atoms with van der Waals surface area (Å²) in [6.07, 6.45) is 0.583. The summed E-state index contributed by atoms with van der Waals surface area (Å²) in [4.78, 5) is 8.63. The molecule has 0 spiro atoms. The molecule has 0 bridgehead atoms. The summed E-state index contributed by atoms with van der Waals surface area (Å²) in [6.45, 7) is 2.75. The van der Waals surface area contributed by atoms with Gasteiger partial charge in [-0.15, -0.1) is 0 Å². The standard InChI is InChI=1S/C26H28FN5O3/c27-22-7-10-32(14-22)24-4-3-20(12-21(24)13-28)26-29-25(30-35-26)19-2-1-17-5-8-31(15-23(34)16-33)9-6-18(17)11-19/h1-4,11-12,22-23,33-34H,5-10,14-16H2. The van der Waals surface area contributed by atoms with Crippen molar-refractivity contribution in [3.8, 4) is 28.9 Å². The van der Waals surface area contributed by atoms with Crippen LogP contribution in [0.1, 0.15) is 23.1 Å². The Morgan fingerprint density at radius 1 is 1.11 bits per heavy atom. The molecule has 2 aromatic carbocycles. The van der Waals surface area contributed by atoms with Crippen LogP contribution in [0.3, 0.4) is 0 Å². The molecule has 2 unspecified atom stereocenters. The molecule has 2 atom stereocenters. The van der Waals surface area contributed by atoms with Gasteiger partial charge in [0.25, 0.3) is 5.89 Å². The number of alkyl halides is 1. The summed E-state index contributed by atoms with van der Waals surface area (Å²) in [6, 6.07) is 13.7. The number of hydrogen-bond acceptors (Lipinski definition) is 8. The van der Waals surface area contributed by atoms with E-state index >= 15 is 0 Å². The van der Waals surface area contributed by atoms with Crippen LogP contribution in [0.15, 0.2) is 40.9 Å². The molecule has 1 aromatic heterocycles. The van der Waals surface area contributed by atoms with Crippen LogP contribution in [0, 0.1) is 11.3 Å². The van der Waals surface area contributed by atoms with Gasteiger partial charge in [-0.05, 0) is 54.7 Å². The van der Waals surface area contributed by atoms with Gasteiger partial charge in [-0.3, -0.25) is 0 Å². The lowest BCUT2D eigenvalue weighted by Gasteiger charge is -2.21. The highest BCUT2D eigenvalue weighted by Gasteiger charge is 2.24. The van der Waals surface area contributed by atoms with Gasteiger partial charge in [0.15, 0.2) is 0 Å². The van der Waals surface area contributed by atoms with Gasteiger partial charge < -0.3 is 24.5 Å². The Balaban J connectivity index is 1.34. The van der Waals surface area contributed by atoms with E-state index in [1.54, 1.807) is 6.07 Å². The molecule has 3 aromatic rings. The first-order valence-electron chi connectivity index (χ1n) is 11.9. The molecule has 0 amide bonds. The summed E-state index contributed by atoms with van der Waals surface area (Å²) in [5.74, 6) is 0.800. The van der Waals surface area contributed by atoms with Crippen LogP contribution in [0.2, 0.25) is 0 Å². The maximum absolute atomic E-state index is 13.6. The Hall–Kier alpha value is -3.32. The van der Waals surface area contributed by atoms with E-state index in [0.717, 1.165) is 37.2 Å². The summed E-state index contributed by atoms with van der Waals surface area (Å²) >= 11 is 0. The average molecular weight is 478 g/mol. The second-order valence-corrected chi connectivity index (χ2v) is 9.22. The largest absolute Gasteiger partial charge is 0.394 e. The third-order valence-corrected chi connectivity index (χ3v) is 6.80. The molecule has 5 rings (SSSR count). The number of β-amino-alcohol motifs (C(OH)–C–C–N with tert-alkyl or cyclic N) is 1. The Morgan fingerprint density at radius 3 is 2.66 bits per heavy atom. The smallest absolute Gasteiger partial charge is 0.258 e. The minimum Gasteiger partial charge on any atom is -0.394 e. The van der Waals surface area contributed by atoms with Crippen molar-refractivity contribution in [1.29, 1.82) is 5.26 Å². The normalized spacial score (nSPS) is 19.3. The number of aliphatic hydroxyl groups is 2. The van der Waals surface area contributed by atoms with E-state index < -0.39 is 12.3 Å². The lowest BCUT2D eigenvalue weighted by atomic mass is 10.00. The van der Waals surface area contributed by atoms with Crippen LogP contribution in [-0.4, -0.2) is 76.9 Å². The molecule has 8 nitrogen and oxygen atoms in total. The molecule has 2 aliphatic heterocycles. The molecule has 1 saturated heterocycles. The van der Waals surface area contributed by atoms with Gasteiger partial charge in [-0.1, -0.05) is 17.3 Å². The van der Waals surface area contributed by atoms with E-state index in [4.69, 9.17) is 9.63 Å². The maximum atomic E-state index is 13.6. The van der Waals surface area contributed by atoms with Crippen molar-refractivity contribution in [1.82, 2.24) is 15.0 Å². The number of rotatable bonds is 6. The molecule has 0 saturated carbocycles. The average Bonchev–Trinajstić information content (AvgIpc) is 3.50. The number of nitriles is 1. The number of aromatic nitrogens is 2. The first kappa shape index (κ1) is 23.4. The Labute approximate surface area is 203 Å². The molecule has 1 fully saturated rings. The van der Waals surface area contributed by atoms with Crippen molar-refractivity contribution < 1.29 is 19.1 Å². The van der Waals surface area contributed by atoms with Gasteiger partial charge in [-0.25, -0.2) is 4.39 Å². The van der Waals surface area contributed by atoms with Crippen LogP contribution in [0.4, 0.5) is 10.1 Å². The van der Waals surface area contributed by atoms with E-state index in [1.165, 1.54) is 11.1 Å². The molecule has 182 valence electrons. The number of benzene rings is 2. The van der Waals surface area contributed by atoms with E-state index in [1.807, 2.05) is 23.1 Å². The number of aliphatic hydroxyl groups excluding tert-OH is 2. The van der Waals surface area contributed by atoms with Crippen LogP contribution < -0.4 is 4.90 Å². The zero-order chi connectivity index (χ0) is 24.4. The van der Waals surface area contributed by atoms with Crippen LogP contribution in [0.5, 0.6) is 0 Å². The minimum atomic E-state index is -0.865. The third kappa shape index (κ3) is 5.05. The zero-order valence-corrected chi connectivity index (χ0v) is 19.4. The van der Waals surface area contributed by atoms with Crippen LogP contribution in [-0.2, 0) is 12.8 Å². The first-order chi connectivity index (χ1) is 17.0. The molecular formula is C26H28FN5O3. The molecule has 2 N–H and O–H groups in total. The molecular weight excluding hydrogens is 449 g/mol. The Bertz CT molecular complexity index is 1240. The predicted molar refractivity (Wildman–Crippen MR) is 129 cm³/mol. The maximum Gasteiger partial charge on any atom is 0.258 e. The lowest BCUT2D eigenvalue weighted by molar-refractivity contribution is 0.0605. The van der Waals surface area contributed by atoms with Crippen molar-refractivity contribution in [3.63, 3.8) is 0 Å². The van der Waals surface area contributed by atoms with Crippen molar-refractivity contribution in [3.05, 3.63) is 53.1 Å². The van der Waals surface area contributed by atoms with Crippen LogP contribution in [0.25, 0.3) is 22.8 Å². The van der Waals surface area contributed by atoms with Gasteiger partial charge >= 0.3 is 0 Å². The topological polar surface area (TPSA) is 110 Å². The summed E-state index contributed by atoms with van der Waals surface area (Å²) in [7, 11) is 0. The lowest BCUT2D eigenvalue weighted by Crippen LogP contribution is -2.35. The first-order valence-corrected chi connectivity index (χ1v) is 11.9. The third-order valence-electron chi connectivity index (χ3n) is 6.80. The molecule has 0 aliphatic carbocycles. The fraction of sp³-hybridized carbons (Fsp3) is 0.423. The second-order valence-electron chi connectivity index (χ2n) is 9.22. The number of fused-ring (bicyclic) bond motifs is 1. The molecule has 9 heteroatoms. The fourth-order valence-electron chi connectivity index (χ4n) is 4.88. The number of hydrogen-bond donors (Lipinski definition) is 2. The quantitative estimate of drug-likeness (QED) is 0.558. The van der Waals surface area contributed by atoms with Crippen molar-refractivity contribution in [2.45, 2.75) is 31.5 Å². The monoisotopic (exact) mass is 477 g/mol. The Morgan fingerprint density at radius 2 is 1.91 bits per heavy atom. The minimum absolute atomic E-state index is 0.233. The summed E-state index contributed by atoms with van der Waals surface area (Å²) in [5, 5.41) is 32.7. The van der Waals surface area contributed by atoms with Gasteiger partial charge in [0.2, 0.25) is 5.82 Å². The van der Waals surface area contributed by atoms with Crippen molar-refractivity contribution in [2.24, 2.45) is 0 Å². The predicted octanol–water partition coefficient (Wildman–Crippen LogP) is 2.58. The molecule has 0 radical (unpaired) electrons. The number of nitrogens with zero attached hydrogens (tertiary/aromatic N) is 5. The summed E-state index contributed by atoms with van der Waals surface area (Å²) in [5.41, 5.74) is 5.14. The molecule has 2 aliphatic rings.